The first-order valence-electron chi connectivity index (χ1n) is 5.96. The molecule has 2 aromatic rings. The fourth-order valence-electron chi connectivity index (χ4n) is 1.68. The van der Waals surface area contributed by atoms with Gasteiger partial charge in [-0.1, -0.05) is 6.07 Å². The van der Waals surface area contributed by atoms with Crippen molar-refractivity contribution >= 4 is 27.8 Å². The van der Waals surface area contributed by atoms with E-state index in [4.69, 9.17) is 0 Å². The van der Waals surface area contributed by atoms with E-state index in [9.17, 15) is 5.11 Å². The van der Waals surface area contributed by atoms with Crippen molar-refractivity contribution in [2.45, 2.75) is 32.4 Å². The molecular formula is C13H18N2OS2. The SMILES string of the molecule is CC(O)c1csc(N(C)C(C)Cc2cccs2)n1. The number of hydrogen-bond acceptors (Lipinski definition) is 5. The lowest BCUT2D eigenvalue weighted by atomic mass is 10.2. The summed E-state index contributed by atoms with van der Waals surface area (Å²) in [6.07, 6.45) is 0.536. The molecule has 0 aliphatic carbocycles. The number of anilines is 1. The Labute approximate surface area is 116 Å². The van der Waals surface area contributed by atoms with Crippen LogP contribution in [0.4, 0.5) is 5.13 Å². The number of nitrogens with zero attached hydrogens (tertiary/aromatic N) is 2. The Bertz CT molecular complexity index is 479. The number of thiophene rings is 1. The summed E-state index contributed by atoms with van der Waals surface area (Å²) in [7, 11) is 2.06. The molecule has 5 heteroatoms. The first kappa shape index (κ1) is 13.5. The maximum Gasteiger partial charge on any atom is 0.185 e. The molecule has 2 unspecified atom stereocenters. The molecule has 0 aliphatic rings. The summed E-state index contributed by atoms with van der Waals surface area (Å²) < 4.78 is 0. The van der Waals surface area contributed by atoms with Crippen LogP contribution in [0.1, 0.15) is 30.5 Å². The summed E-state index contributed by atoms with van der Waals surface area (Å²) in [6, 6.07) is 4.65. The Balaban J connectivity index is 2.03. The van der Waals surface area contributed by atoms with E-state index in [2.05, 4.69) is 41.4 Å². The van der Waals surface area contributed by atoms with Crippen LogP contribution in [0.15, 0.2) is 22.9 Å². The predicted molar refractivity (Wildman–Crippen MR) is 78.6 cm³/mol. The van der Waals surface area contributed by atoms with Gasteiger partial charge in [-0.15, -0.1) is 22.7 Å². The number of hydrogen-bond donors (Lipinski definition) is 1. The Morgan fingerprint density at radius 1 is 1.39 bits per heavy atom. The molecule has 3 nitrogen and oxygen atoms in total. The van der Waals surface area contributed by atoms with Gasteiger partial charge in [-0.3, -0.25) is 0 Å². The molecule has 0 saturated heterocycles. The lowest BCUT2D eigenvalue weighted by molar-refractivity contribution is 0.195. The fourth-order valence-corrected chi connectivity index (χ4v) is 3.48. The molecule has 0 bridgehead atoms. The molecule has 0 fully saturated rings. The molecule has 18 heavy (non-hydrogen) atoms. The smallest absolute Gasteiger partial charge is 0.185 e. The molecule has 0 aromatic carbocycles. The lowest BCUT2D eigenvalue weighted by Crippen LogP contribution is -2.30. The van der Waals surface area contributed by atoms with Crippen LogP contribution < -0.4 is 4.90 Å². The average Bonchev–Trinajstić information content (AvgIpc) is 2.98. The Morgan fingerprint density at radius 2 is 2.17 bits per heavy atom. The Hall–Kier alpha value is -0.910. The summed E-state index contributed by atoms with van der Waals surface area (Å²) in [5, 5.41) is 14.5. The van der Waals surface area contributed by atoms with Crippen molar-refractivity contribution in [3.8, 4) is 0 Å². The summed E-state index contributed by atoms with van der Waals surface area (Å²) in [5.41, 5.74) is 0.755. The third kappa shape index (κ3) is 3.10. The highest BCUT2D eigenvalue weighted by Crippen LogP contribution is 2.25. The normalized spacial score (nSPS) is 14.4. The van der Waals surface area contributed by atoms with E-state index in [1.165, 1.54) is 4.88 Å². The molecule has 2 atom stereocenters. The molecule has 2 heterocycles. The maximum absolute atomic E-state index is 9.49. The molecule has 2 rings (SSSR count). The molecule has 0 spiro atoms. The van der Waals surface area contributed by atoms with Gasteiger partial charge in [0.1, 0.15) is 0 Å². The molecule has 98 valence electrons. The van der Waals surface area contributed by atoms with Crippen LogP contribution in [-0.2, 0) is 6.42 Å². The van der Waals surface area contributed by atoms with E-state index in [-0.39, 0.29) is 0 Å². The van der Waals surface area contributed by atoms with E-state index in [0.717, 1.165) is 17.2 Å². The van der Waals surface area contributed by atoms with E-state index in [1.807, 2.05) is 5.38 Å². The van der Waals surface area contributed by atoms with Crippen LogP contribution in [-0.4, -0.2) is 23.2 Å². The van der Waals surface area contributed by atoms with E-state index < -0.39 is 6.10 Å². The van der Waals surface area contributed by atoms with Crippen LogP contribution in [0.2, 0.25) is 0 Å². The van der Waals surface area contributed by atoms with E-state index >= 15 is 0 Å². The third-order valence-corrected chi connectivity index (χ3v) is 4.83. The first-order chi connectivity index (χ1) is 8.58. The molecular weight excluding hydrogens is 264 g/mol. The summed E-state index contributed by atoms with van der Waals surface area (Å²) >= 11 is 3.38. The van der Waals surface area contributed by atoms with Crippen molar-refractivity contribution < 1.29 is 5.11 Å². The van der Waals surface area contributed by atoms with Gasteiger partial charge in [0.05, 0.1) is 11.8 Å². The zero-order valence-corrected chi connectivity index (χ0v) is 12.5. The first-order valence-corrected chi connectivity index (χ1v) is 7.72. The zero-order valence-electron chi connectivity index (χ0n) is 10.8. The molecule has 0 saturated carbocycles. The molecule has 0 aliphatic heterocycles. The molecule has 1 N–H and O–H groups in total. The number of aliphatic hydroxyl groups is 1. The minimum absolute atomic E-state index is 0.400. The predicted octanol–water partition coefficient (Wildman–Crippen LogP) is 3.33. The third-order valence-electron chi connectivity index (χ3n) is 2.98. The second-order valence-corrected chi connectivity index (χ2v) is 6.34. The van der Waals surface area contributed by atoms with Gasteiger partial charge in [0.15, 0.2) is 5.13 Å². The number of aliphatic hydroxyl groups excluding tert-OH is 1. The number of thiazole rings is 1. The summed E-state index contributed by atoms with van der Waals surface area (Å²) in [5.74, 6) is 0. The number of rotatable bonds is 5. The largest absolute Gasteiger partial charge is 0.387 e. The van der Waals surface area contributed by atoms with Gasteiger partial charge < -0.3 is 10.0 Å². The standard InChI is InChI=1S/C13H18N2OS2/c1-9(7-11-5-4-6-17-11)15(3)13-14-12(8-18-13)10(2)16/h4-6,8-10,16H,7H2,1-3H3. The monoisotopic (exact) mass is 282 g/mol. The Kier molecular flexibility index (Phi) is 4.37. The van der Waals surface area contributed by atoms with Gasteiger partial charge in [-0.05, 0) is 25.3 Å². The second-order valence-electron chi connectivity index (χ2n) is 4.47. The topological polar surface area (TPSA) is 36.4 Å². The quantitative estimate of drug-likeness (QED) is 0.914. The zero-order chi connectivity index (χ0) is 13.1. The van der Waals surface area contributed by atoms with Gasteiger partial charge in [0.2, 0.25) is 0 Å². The van der Waals surface area contributed by atoms with E-state index in [1.54, 1.807) is 29.6 Å². The van der Waals surface area contributed by atoms with Crippen molar-refractivity contribution in [3.05, 3.63) is 33.5 Å². The van der Waals surface area contributed by atoms with Crippen molar-refractivity contribution in [2.24, 2.45) is 0 Å². The summed E-state index contributed by atoms with van der Waals surface area (Å²) in [6.45, 7) is 3.94. The molecule has 0 radical (unpaired) electrons. The van der Waals surface area contributed by atoms with Crippen molar-refractivity contribution in [1.29, 1.82) is 0 Å². The highest BCUT2D eigenvalue weighted by molar-refractivity contribution is 7.13. The lowest BCUT2D eigenvalue weighted by Gasteiger charge is -2.23. The fraction of sp³-hybridized carbons (Fsp3) is 0.462. The van der Waals surface area contributed by atoms with Gasteiger partial charge >= 0.3 is 0 Å². The van der Waals surface area contributed by atoms with Crippen LogP contribution in [0.5, 0.6) is 0 Å². The van der Waals surface area contributed by atoms with Crippen molar-refractivity contribution in [1.82, 2.24) is 4.98 Å². The van der Waals surface area contributed by atoms with Crippen LogP contribution in [0.3, 0.4) is 0 Å². The number of likely N-dealkylation sites (N-methyl/N-ethyl adjacent to an activating group) is 1. The van der Waals surface area contributed by atoms with Crippen LogP contribution in [0, 0.1) is 0 Å². The molecule has 2 aromatic heterocycles. The van der Waals surface area contributed by atoms with E-state index in [0.29, 0.717) is 6.04 Å². The van der Waals surface area contributed by atoms with Crippen molar-refractivity contribution in [2.75, 3.05) is 11.9 Å². The van der Waals surface area contributed by atoms with Crippen LogP contribution >= 0.6 is 22.7 Å². The number of aromatic nitrogens is 1. The average molecular weight is 282 g/mol. The summed E-state index contributed by atoms with van der Waals surface area (Å²) in [4.78, 5) is 8.03. The van der Waals surface area contributed by atoms with Crippen molar-refractivity contribution in [3.63, 3.8) is 0 Å². The van der Waals surface area contributed by atoms with Crippen LogP contribution in [0.25, 0.3) is 0 Å². The van der Waals surface area contributed by atoms with Gasteiger partial charge in [0, 0.05) is 29.8 Å². The van der Waals surface area contributed by atoms with Gasteiger partial charge in [-0.25, -0.2) is 4.98 Å². The highest BCUT2D eigenvalue weighted by Gasteiger charge is 2.15. The minimum Gasteiger partial charge on any atom is -0.387 e. The highest BCUT2D eigenvalue weighted by atomic mass is 32.1. The Morgan fingerprint density at radius 3 is 2.72 bits per heavy atom. The van der Waals surface area contributed by atoms with Gasteiger partial charge in [0.25, 0.3) is 0 Å². The maximum atomic E-state index is 9.49. The minimum atomic E-state index is -0.490. The molecule has 0 amide bonds. The van der Waals surface area contributed by atoms with Gasteiger partial charge in [-0.2, -0.15) is 0 Å². The second kappa shape index (κ2) is 5.82.